The van der Waals surface area contributed by atoms with Gasteiger partial charge in [-0.05, 0) is 18.1 Å². The SMILES string of the molecule is CCC1CN(C2CCSC2)CC1Br. The van der Waals surface area contributed by atoms with Crippen molar-refractivity contribution in [2.45, 2.75) is 30.6 Å². The lowest BCUT2D eigenvalue weighted by Crippen LogP contribution is -2.33. The fourth-order valence-corrected chi connectivity index (χ4v) is 4.52. The maximum Gasteiger partial charge on any atom is 0.0313 e. The standard InChI is InChI=1S/C10H18BrNS/c1-2-8-5-12(6-10(8)11)9-3-4-13-7-9/h8-10H,2-7H2,1H3. The van der Waals surface area contributed by atoms with Crippen molar-refractivity contribution < 1.29 is 0 Å². The average Bonchev–Trinajstić information content (AvgIpc) is 2.71. The number of thioether (sulfide) groups is 1. The molecule has 2 rings (SSSR count). The summed E-state index contributed by atoms with van der Waals surface area (Å²) in [7, 11) is 0. The fraction of sp³-hybridized carbons (Fsp3) is 1.00. The van der Waals surface area contributed by atoms with Gasteiger partial charge in [0, 0.05) is 29.7 Å². The Hall–Kier alpha value is 0.790. The zero-order valence-corrected chi connectivity index (χ0v) is 10.6. The molecular formula is C10H18BrNS. The van der Waals surface area contributed by atoms with Crippen LogP contribution in [0.2, 0.25) is 0 Å². The van der Waals surface area contributed by atoms with Crippen LogP contribution in [0.5, 0.6) is 0 Å². The Labute approximate surface area is 93.8 Å². The van der Waals surface area contributed by atoms with Gasteiger partial charge >= 0.3 is 0 Å². The number of hydrogen-bond donors (Lipinski definition) is 0. The lowest BCUT2D eigenvalue weighted by molar-refractivity contribution is 0.253. The third-order valence-corrected chi connectivity index (χ3v) is 5.52. The van der Waals surface area contributed by atoms with E-state index in [1.54, 1.807) is 0 Å². The maximum absolute atomic E-state index is 3.80. The van der Waals surface area contributed by atoms with E-state index < -0.39 is 0 Å². The van der Waals surface area contributed by atoms with E-state index in [1.165, 1.54) is 37.4 Å². The predicted molar refractivity (Wildman–Crippen MR) is 63.8 cm³/mol. The van der Waals surface area contributed by atoms with Crippen molar-refractivity contribution in [1.29, 1.82) is 0 Å². The zero-order valence-electron chi connectivity index (χ0n) is 8.21. The summed E-state index contributed by atoms with van der Waals surface area (Å²) in [5, 5.41) is 0. The van der Waals surface area contributed by atoms with E-state index in [0.717, 1.165) is 16.8 Å². The molecule has 0 aliphatic carbocycles. The molecule has 3 unspecified atom stereocenters. The van der Waals surface area contributed by atoms with Gasteiger partial charge in [-0.15, -0.1) is 0 Å². The highest BCUT2D eigenvalue weighted by molar-refractivity contribution is 9.09. The largest absolute Gasteiger partial charge is 0.298 e. The third kappa shape index (κ3) is 2.24. The molecule has 76 valence electrons. The molecule has 13 heavy (non-hydrogen) atoms. The second-order valence-corrected chi connectivity index (χ2v) is 6.48. The van der Waals surface area contributed by atoms with Gasteiger partial charge in [-0.2, -0.15) is 11.8 Å². The molecule has 2 aliphatic rings. The average molecular weight is 264 g/mol. The summed E-state index contributed by atoms with van der Waals surface area (Å²) in [5.74, 6) is 3.65. The van der Waals surface area contributed by atoms with Crippen molar-refractivity contribution in [2.24, 2.45) is 5.92 Å². The molecule has 0 aromatic carbocycles. The predicted octanol–water partition coefficient (Wildman–Crippen LogP) is 2.60. The van der Waals surface area contributed by atoms with Crippen molar-refractivity contribution >= 4 is 27.7 Å². The minimum absolute atomic E-state index is 0.753. The highest BCUT2D eigenvalue weighted by atomic mass is 79.9. The molecule has 0 radical (unpaired) electrons. The Morgan fingerprint density at radius 2 is 2.31 bits per heavy atom. The molecule has 2 saturated heterocycles. The number of halogens is 1. The third-order valence-electron chi connectivity index (χ3n) is 3.34. The minimum Gasteiger partial charge on any atom is -0.298 e. The molecular weight excluding hydrogens is 246 g/mol. The first-order valence-corrected chi connectivity index (χ1v) is 7.34. The van der Waals surface area contributed by atoms with Gasteiger partial charge in [-0.3, -0.25) is 4.90 Å². The summed E-state index contributed by atoms with van der Waals surface area (Å²) >= 11 is 5.93. The van der Waals surface area contributed by atoms with Crippen LogP contribution in [-0.2, 0) is 0 Å². The summed E-state index contributed by atoms with van der Waals surface area (Å²) in [4.78, 5) is 3.45. The molecule has 0 aromatic heterocycles. The summed E-state index contributed by atoms with van der Waals surface area (Å²) in [6.45, 7) is 4.92. The van der Waals surface area contributed by atoms with Gasteiger partial charge in [-0.1, -0.05) is 29.3 Å². The van der Waals surface area contributed by atoms with Crippen molar-refractivity contribution in [3.63, 3.8) is 0 Å². The Balaban J connectivity index is 1.88. The molecule has 2 fully saturated rings. The van der Waals surface area contributed by atoms with E-state index in [-0.39, 0.29) is 0 Å². The molecule has 0 amide bonds. The first-order valence-electron chi connectivity index (χ1n) is 5.27. The molecule has 2 heterocycles. The van der Waals surface area contributed by atoms with Gasteiger partial charge in [0.25, 0.3) is 0 Å². The van der Waals surface area contributed by atoms with Gasteiger partial charge in [0.1, 0.15) is 0 Å². The Kier molecular flexibility index (Phi) is 3.60. The lowest BCUT2D eigenvalue weighted by Gasteiger charge is -2.22. The number of nitrogens with zero attached hydrogens (tertiary/aromatic N) is 1. The van der Waals surface area contributed by atoms with E-state index in [2.05, 4.69) is 39.5 Å². The van der Waals surface area contributed by atoms with Gasteiger partial charge in [0.15, 0.2) is 0 Å². The van der Waals surface area contributed by atoms with Crippen molar-refractivity contribution in [2.75, 3.05) is 24.6 Å². The van der Waals surface area contributed by atoms with Crippen LogP contribution in [0.25, 0.3) is 0 Å². The van der Waals surface area contributed by atoms with E-state index >= 15 is 0 Å². The monoisotopic (exact) mass is 263 g/mol. The van der Waals surface area contributed by atoms with Crippen LogP contribution in [0.4, 0.5) is 0 Å². The number of hydrogen-bond acceptors (Lipinski definition) is 2. The van der Waals surface area contributed by atoms with Crippen LogP contribution in [0.3, 0.4) is 0 Å². The number of likely N-dealkylation sites (tertiary alicyclic amines) is 1. The van der Waals surface area contributed by atoms with Crippen LogP contribution >= 0.6 is 27.7 Å². The van der Waals surface area contributed by atoms with E-state index in [1.807, 2.05) is 0 Å². The van der Waals surface area contributed by atoms with Crippen molar-refractivity contribution in [1.82, 2.24) is 4.90 Å². The van der Waals surface area contributed by atoms with E-state index in [0.29, 0.717) is 0 Å². The number of alkyl halides is 1. The van der Waals surface area contributed by atoms with E-state index in [4.69, 9.17) is 0 Å². The fourth-order valence-electron chi connectivity index (χ4n) is 2.36. The summed E-state index contributed by atoms with van der Waals surface area (Å²) in [6.07, 6.45) is 2.74. The molecule has 2 aliphatic heterocycles. The topological polar surface area (TPSA) is 3.24 Å². The van der Waals surface area contributed by atoms with Gasteiger partial charge in [0.05, 0.1) is 0 Å². The Morgan fingerprint density at radius 1 is 1.46 bits per heavy atom. The highest BCUT2D eigenvalue weighted by Gasteiger charge is 2.34. The first-order chi connectivity index (χ1) is 6.31. The molecule has 0 spiro atoms. The van der Waals surface area contributed by atoms with Crippen LogP contribution in [0.15, 0.2) is 0 Å². The summed E-state index contributed by atoms with van der Waals surface area (Å²) in [5.41, 5.74) is 0. The molecule has 0 aromatic rings. The summed E-state index contributed by atoms with van der Waals surface area (Å²) in [6, 6.07) is 0.890. The number of rotatable bonds is 2. The molecule has 0 bridgehead atoms. The Bertz CT molecular complexity index is 170. The summed E-state index contributed by atoms with van der Waals surface area (Å²) < 4.78 is 0. The van der Waals surface area contributed by atoms with E-state index in [9.17, 15) is 0 Å². The van der Waals surface area contributed by atoms with Crippen molar-refractivity contribution in [3.8, 4) is 0 Å². The minimum atomic E-state index is 0.753. The first kappa shape index (κ1) is 10.3. The molecule has 1 nitrogen and oxygen atoms in total. The van der Waals surface area contributed by atoms with Crippen molar-refractivity contribution in [3.05, 3.63) is 0 Å². The second-order valence-electron chi connectivity index (χ2n) is 4.16. The van der Waals surface area contributed by atoms with Gasteiger partial charge in [-0.25, -0.2) is 0 Å². The normalized spacial score (nSPS) is 41.5. The molecule has 0 N–H and O–H groups in total. The van der Waals surface area contributed by atoms with Crippen LogP contribution in [0, 0.1) is 5.92 Å². The molecule has 3 atom stereocenters. The zero-order chi connectivity index (χ0) is 9.26. The van der Waals surface area contributed by atoms with Crippen LogP contribution in [0.1, 0.15) is 19.8 Å². The smallest absolute Gasteiger partial charge is 0.0313 e. The molecule has 3 heteroatoms. The quantitative estimate of drug-likeness (QED) is 0.705. The highest BCUT2D eigenvalue weighted by Crippen LogP contribution is 2.31. The van der Waals surface area contributed by atoms with Crippen LogP contribution in [-0.4, -0.2) is 40.4 Å². The Morgan fingerprint density at radius 3 is 2.85 bits per heavy atom. The lowest BCUT2D eigenvalue weighted by atomic mass is 10.1. The van der Waals surface area contributed by atoms with Gasteiger partial charge < -0.3 is 0 Å². The second kappa shape index (κ2) is 4.54. The van der Waals surface area contributed by atoms with Gasteiger partial charge in [0.2, 0.25) is 0 Å². The van der Waals surface area contributed by atoms with Crippen LogP contribution < -0.4 is 0 Å². The molecule has 0 saturated carbocycles. The maximum atomic E-state index is 3.80.